The largest absolute Gasteiger partial charge is 0.488 e. The summed E-state index contributed by atoms with van der Waals surface area (Å²) in [6.07, 6.45) is 0. The van der Waals surface area contributed by atoms with Crippen LogP contribution in [0.5, 0.6) is 5.75 Å². The van der Waals surface area contributed by atoms with Gasteiger partial charge in [0.05, 0.1) is 12.8 Å². The maximum absolute atomic E-state index is 12.0. The number of ether oxygens (including phenoxy) is 2. The summed E-state index contributed by atoms with van der Waals surface area (Å²) in [5.41, 5.74) is 3.96. The van der Waals surface area contributed by atoms with Gasteiger partial charge in [-0.1, -0.05) is 48.0 Å². The van der Waals surface area contributed by atoms with Crippen LogP contribution in [0.3, 0.4) is 0 Å². The van der Waals surface area contributed by atoms with Crippen LogP contribution in [0.15, 0.2) is 78.9 Å². The number of benzene rings is 2. The van der Waals surface area contributed by atoms with Crippen LogP contribution in [-0.4, -0.2) is 22.6 Å². The minimum atomic E-state index is -0.483. The first-order valence-electron chi connectivity index (χ1n) is 9.77. The molecule has 0 saturated carbocycles. The summed E-state index contributed by atoms with van der Waals surface area (Å²) in [7, 11) is 1.34. The molecule has 0 aliphatic carbocycles. The Labute approximate surface area is 185 Å². The van der Waals surface area contributed by atoms with Gasteiger partial charge in [0.1, 0.15) is 18.2 Å². The van der Waals surface area contributed by atoms with Crippen molar-refractivity contribution in [2.75, 3.05) is 7.11 Å². The molecular formula is C25H21ClN2O3. The zero-order valence-corrected chi connectivity index (χ0v) is 18.0. The molecule has 0 bridgehead atoms. The van der Waals surface area contributed by atoms with Gasteiger partial charge in [-0.25, -0.2) is 9.78 Å². The van der Waals surface area contributed by atoms with Gasteiger partial charge in [-0.3, -0.25) is 4.57 Å². The third kappa shape index (κ3) is 4.47. The Kier molecular flexibility index (Phi) is 6.05. The van der Waals surface area contributed by atoms with Crippen molar-refractivity contribution in [2.45, 2.75) is 13.5 Å². The molecule has 0 unspecified atom stereocenters. The van der Waals surface area contributed by atoms with E-state index in [2.05, 4.69) is 4.98 Å². The standard InChI is InChI=1S/C25H21ClN2O3/c1-17-11-13-22(28(17)24-10-6-9-21(27-24)25(29)30-2)20-15-19(26)12-14-23(20)31-16-18-7-4-3-5-8-18/h3-15H,16H2,1-2H3. The molecular weight excluding hydrogens is 412 g/mol. The van der Waals surface area contributed by atoms with Crippen molar-refractivity contribution >= 4 is 17.6 Å². The van der Waals surface area contributed by atoms with Crippen molar-refractivity contribution in [1.29, 1.82) is 0 Å². The highest BCUT2D eigenvalue weighted by Gasteiger charge is 2.17. The van der Waals surface area contributed by atoms with Crippen LogP contribution in [0.25, 0.3) is 17.1 Å². The smallest absolute Gasteiger partial charge is 0.356 e. The summed E-state index contributed by atoms with van der Waals surface area (Å²) in [5.74, 6) is 0.828. The number of halogens is 1. The van der Waals surface area contributed by atoms with Crippen molar-refractivity contribution in [2.24, 2.45) is 0 Å². The molecule has 2 heterocycles. The normalized spacial score (nSPS) is 10.7. The Bertz CT molecular complexity index is 1220. The lowest BCUT2D eigenvalue weighted by Gasteiger charge is -2.16. The molecule has 4 aromatic rings. The number of rotatable bonds is 6. The number of carbonyl (C=O) groups excluding carboxylic acids is 1. The maximum atomic E-state index is 12.0. The summed E-state index contributed by atoms with van der Waals surface area (Å²) in [6.45, 7) is 2.41. The van der Waals surface area contributed by atoms with Gasteiger partial charge in [0.25, 0.3) is 0 Å². The second kappa shape index (κ2) is 9.06. The lowest BCUT2D eigenvalue weighted by atomic mass is 10.1. The van der Waals surface area contributed by atoms with Gasteiger partial charge in [0.15, 0.2) is 5.69 Å². The number of esters is 1. The predicted octanol–water partition coefficient (Wildman–Crippen LogP) is 5.87. The van der Waals surface area contributed by atoms with E-state index >= 15 is 0 Å². The molecule has 2 aromatic carbocycles. The van der Waals surface area contributed by atoms with Gasteiger partial charge in [0, 0.05) is 16.3 Å². The van der Waals surface area contributed by atoms with E-state index in [9.17, 15) is 4.79 Å². The van der Waals surface area contributed by atoms with Crippen LogP contribution in [-0.2, 0) is 11.3 Å². The van der Waals surface area contributed by atoms with Gasteiger partial charge in [-0.2, -0.15) is 0 Å². The zero-order valence-electron chi connectivity index (χ0n) is 17.2. The fourth-order valence-electron chi connectivity index (χ4n) is 3.38. The van der Waals surface area contributed by atoms with E-state index in [1.807, 2.05) is 78.2 Å². The lowest BCUT2D eigenvalue weighted by molar-refractivity contribution is 0.0594. The Balaban J connectivity index is 1.76. The Morgan fingerprint density at radius 3 is 2.58 bits per heavy atom. The SMILES string of the molecule is COC(=O)c1cccc(-n2c(C)ccc2-c2cc(Cl)ccc2OCc2ccccc2)n1. The van der Waals surface area contributed by atoms with Crippen molar-refractivity contribution < 1.29 is 14.3 Å². The minimum Gasteiger partial charge on any atom is -0.488 e. The molecule has 0 spiro atoms. The maximum Gasteiger partial charge on any atom is 0.356 e. The molecule has 6 heteroatoms. The Morgan fingerprint density at radius 1 is 1.00 bits per heavy atom. The summed E-state index contributed by atoms with van der Waals surface area (Å²) in [4.78, 5) is 16.5. The molecule has 156 valence electrons. The van der Waals surface area contributed by atoms with E-state index < -0.39 is 5.97 Å². The molecule has 2 aromatic heterocycles. The van der Waals surface area contributed by atoms with E-state index in [-0.39, 0.29) is 5.69 Å². The summed E-state index contributed by atoms with van der Waals surface area (Å²) in [5, 5.41) is 0.601. The molecule has 0 fully saturated rings. The number of aryl methyl sites for hydroxylation is 1. The molecule has 0 aliphatic rings. The van der Waals surface area contributed by atoms with Crippen LogP contribution in [0, 0.1) is 6.92 Å². The first kappa shape index (κ1) is 20.7. The van der Waals surface area contributed by atoms with Crippen molar-refractivity contribution in [3.8, 4) is 22.8 Å². The quantitative estimate of drug-likeness (QED) is 0.358. The molecule has 31 heavy (non-hydrogen) atoms. The van der Waals surface area contributed by atoms with Gasteiger partial charge in [-0.15, -0.1) is 0 Å². The Morgan fingerprint density at radius 2 is 1.81 bits per heavy atom. The van der Waals surface area contributed by atoms with E-state index in [0.29, 0.717) is 23.2 Å². The molecule has 5 nitrogen and oxygen atoms in total. The van der Waals surface area contributed by atoms with Crippen LogP contribution in [0.2, 0.25) is 5.02 Å². The molecule has 0 amide bonds. The monoisotopic (exact) mass is 432 g/mol. The first-order valence-corrected chi connectivity index (χ1v) is 10.2. The highest BCUT2D eigenvalue weighted by molar-refractivity contribution is 6.31. The molecule has 0 saturated heterocycles. The van der Waals surface area contributed by atoms with Crippen LogP contribution in [0.4, 0.5) is 0 Å². The molecule has 4 rings (SSSR count). The first-order chi connectivity index (χ1) is 15.1. The van der Waals surface area contributed by atoms with Gasteiger partial charge in [0.2, 0.25) is 0 Å². The van der Waals surface area contributed by atoms with Crippen molar-refractivity contribution in [3.05, 3.63) is 101 Å². The predicted molar refractivity (Wildman–Crippen MR) is 121 cm³/mol. The topological polar surface area (TPSA) is 53.4 Å². The molecule has 0 atom stereocenters. The number of aromatic nitrogens is 2. The van der Waals surface area contributed by atoms with Gasteiger partial charge < -0.3 is 9.47 Å². The lowest BCUT2D eigenvalue weighted by Crippen LogP contribution is -2.09. The average molecular weight is 433 g/mol. The summed E-state index contributed by atoms with van der Waals surface area (Å²) >= 11 is 6.33. The second-order valence-corrected chi connectivity index (χ2v) is 7.42. The highest BCUT2D eigenvalue weighted by Crippen LogP contribution is 2.35. The van der Waals surface area contributed by atoms with E-state index in [1.165, 1.54) is 7.11 Å². The fourth-order valence-corrected chi connectivity index (χ4v) is 3.55. The molecule has 0 radical (unpaired) electrons. The number of hydrogen-bond donors (Lipinski definition) is 0. The minimum absolute atomic E-state index is 0.241. The third-order valence-corrected chi connectivity index (χ3v) is 5.12. The molecule has 0 aliphatic heterocycles. The highest BCUT2D eigenvalue weighted by atomic mass is 35.5. The van der Waals surface area contributed by atoms with Crippen molar-refractivity contribution in [1.82, 2.24) is 9.55 Å². The van der Waals surface area contributed by atoms with Crippen LogP contribution >= 0.6 is 11.6 Å². The number of hydrogen-bond acceptors (Lipinski definition) is 4. The van der Waals surface area contributed by atoms with E-state index in [0.717, 1.165) is 22.5 Å². The third-order valence-electron chi connectivity index (χ3n) is 4.89. The van der Waals surface area contributed by atoms with Crippen LogP contribution in [0.1, 0.15) is 21.7 Å². The number of methoxy groups -OCH3 is 1. The second-order valence-electron chi connectivity index (χ2n) is 6.98. The van der Waals surface area contributed by atoms with E-state index in [4.69, 9.17) is 21.1 Å². The van der Waals surface area contributed by atoms with Gasteiger partial charge in [-0.05, 0) is 55.0 Å². The average Bonchev–Trinajstić information content (AvgIpc) is 3.19. The molecule has 0 N–H and O–H groups in total. The summed E-state index contributed by atoms with van der Waals surface area (Å²) in [6, 6.07) is 24.8. The zero-order chi connectivity index (χ0) is 21.8. The number of pyridine rings is 1. The summed E-state index contributed by atoms with van der Waals surface area (Å²) < 4.78 is 12.9. The van der Waals surface area contributed by atoms with Crippen LogP contribution < -0.4 is 4.74 Å². The fraction of sp³-hybridized carbons (Fsp3) is 0.120. The van der Waals surface area contributed by atoms with Gasteiger partial charge >= 0.3 is 5.97 Å². The Hall–Kier alpha value is -3.57. The number of carbonyl (C=O) groups is 1. The number of nitrogens with zero attached hydrogens (tertiary/aromatic N) is 2. The van der Waals surface area contributed by atoms with Crippen molar-refractivity contribution in [3.63, 3.8) is 0 Å². The van der Waals surface area contributed by atoms with E-state index in [1.54, 1.807) is 12.1 Å².